The van der Waals surface area contributed by atoms with Crippen molar-refractivity contribution in [3.8, 4) is 0 Å². The van der Waals surface area contributed by atoms with Gasteiger partial charge in [-0.15, -0.1) is 0 Å². The third-order valence-corrected chi connectivity index (χ3v) is 2.30. The molecule has 18 heavy (non-hydrogen) atoms. The van der Waals surface area contributed by atoms with Crippen LogP contribution in [0.25, 0.3) is 0 Å². The zero-order valence-electron chi connectivity index (χ0n) is 11.2. The first kappa shape index (κ1) is 14.6. The largest absolute Gasteiger partial charge is 0.466 e. The van der Waals surface area contributed by atoms with Crippen LogP contribution in [-0.4, -0.2) is 29.3 Å². The maximum absolute atomic E-state index is 11.1. The molecule has 0 bridgehead atoms. The Morgan fingerprint density at radius 3 is 2.89 bits per heavy atom. The molecule has 0 fully saturated rings. The number of nitrogens with zero attached hydrogens (tertiary/aromatic N) is 2. The van der Waals surface area contributed by atoms with Gasteiger partial charge >= 0.3 is 5.97 Å². The van der Waals surface area contributed by atoms with Crippen LogP contribution in [0.1, 0.15) is 51.2 Å². The van der Waals surface area contributed by atoms with Gasteiger partial charge in [-0.1, -0.05) is 19.0 Å². The van der Waals surface area contributed by atoms with E-state index in [0.29, 0.717) is 31.3 Å². The summed E-state index contributed by atoms with van der Waals surface area (Å²) in [7, 11) is 0. The summed E-state index contributed by atoms with van der Waals surface area (Å²) < 4.78 is 9.91. The van der Waals surface area contributed by atoms with Crippen LogP contribution < -0.4 is 5.32 Å². The van der Waals surface area contributed by atoms with Crippen LogP contribution in [0.15, 0.2) is 4.52 Å². The summed E-state index contributed by atoms with van der Waals surface area (Å²) >= 11 is 0. The first-order valence-electron chi connectivity index (χ1n) is 6.32. The van der Waals surface area contributed by atoms with E-state index in [-0.39, 0.29) is 11.9 Å². The third-order valence-electron chi connectivity index (χ3n) is 2.30. The number of rotatable bonds is 8. The fraction of sp³-hybridized carbons (Fsp3) is 0.750. The molecule has 0 aliphatic heterocycles. The molecule has 0 aliphatic carbocycles. The molecule has 0 unspecified atom stereocenters. The summed E-state index contributed by atoms with van der Waals surface area (Å²) in [4.78, 5) is 15.3. The second-order valence-corrected chi connectivity index (χ2v) is 4.29. The lowest BCUT2D eigenvalue weighted by molar-refractivity contribution is -0.143. The van der Waals surface area contributed by atoms with E-state index < -0.39 is 0 Å². The van der Waals surface area contributed by atoms with Crippen molar-refractivity contribution in [3.63, 3.8) is 0 Å². The Hall–Kier alpha value is -1.43. The molecule has 0 spiro atoms. The number of carbonyl (C=O) groups excluding carboxylic acids is 1. The molecular formula is C12H21N3O3. The van der Waals surface area contributed by atoms with Gasteiger partial charge in [0.15, 0.2) is 5.82 Å². The van der Waals surface area contributed by atoms with Gasteiger partial charge in [0.05, 0.1) is 13.2 Å². The lowest BCUT2D eigenvalue weighted by Gasteiger charge is -2.02. The van der Waals surface area contributed by atoms with Crippen LogP contribution >= 0.6 is 0 Å². The number of aromatic nitrogens is 2. The van der Waals surface area contributed by atoms with Crippen molar-refractivity contribution in [3.05, 3.63) is 11.7 Å². The molecule has 0 saturated carbocycles. The Balaban J connectivity index is 2.12. The molecule has 1 heterocycles. The van der Waals surface area contributed by atoms with Crippen molar-refractivity contribution in [2.75, 3.05) is 13.2 Å². The smallest absolute Gasteiger partial charge is 0.305 e. The first-order valence-corrected chi connectivity index (χ1v) is 6.32. The fourth-order valence-corrected chi connectivity index (χ4v) is 1.36. The minimum Gasteiger partial charge on any atom is -0.466 e. The third kappa shape index (κ3) is 5.27. The zero-order chi connectivity index (χ0) is 13.4. The Bertz CT molecular complexity index is 363. The molecule has 1 aromatic rings. The van der Waals surface area contributed by atoms with Crippen LogP contribution in [-0.2, 0) is 16.1 Å². The van der Waals surface area contributed by atoms with E-state index in [4.69, 9.17) is 9.26 Å². The van der Waals surface area contributed by atoms with Crippen LogP contribution in [0.5, 0.6) is 0 Å². The molecule has 0 aliphatic rings. The van der Waals surface area contributed by atoms with Crippen molar-refractivity contribution >= 4 is 5.97 Å². The molecule has 102 valence electrons. The zero-order valence-corrected chi connectivity index (χ0v) is 11.2. The average Bonchev–Trinajstić information content (AvgIpc) is 2.78. The van der Waals surface area contributed by atoms with Crippen molar-refractivity contribution < 1.29 is 14.1 Å². The highest BCUT2D eigenvalue weighted by molar-refractivity contribution is 5.69. The Morgan fingerprint density at radius 1 is 1.50 bits per heavy atom. The minimum atomic E-state index is -0.152. The molecule has 0 atom stereocenters. The molecule has 6 heteroatoms. The van der Waals surface area contributed by atoms with E-state index in [1.807, 2.05) is 13.8 Å². The van der Waals surface area contributed by atoms with Gasteiger partial charge in [0.2, 0.25) is 5.89 Å². The van der Waals surface area contributed by atoms with E-state index in [0.717, 1.165) is 13.0 Å². The number of carbonyl (C=O) groups is 1. The lowest BCUT2D eigenvalue weighted by atomic mass is 10.2. The van der Waals surface area contributed by atoms with E-state index in [1.165, 1.54) is 0 Å². The van der Waals surface area contributed by atoms with E-state index in [2.05, 4.69) is 15.5 Å². The van der Waals surface area contributed by atoms with E-state index in [1.54, 1.807) is 6.92 Å². The molecule has 1 rings (SSSR count). The van der Waals surface area contributed by atoms with Gasteiger partial charge in [-0.3, -0.25) is 4.79 Å². The highest BCUT2D eigenvalue weighted by atomic mass is 16.5. The van der Waals surface area contributed by atoms with Crippen LogP contribution in [0.2, 0.25) is 0 Å². The van der Waals surface area contributed by atoms with Gasteiger partial charge in [-0.25, -0.2) is 0 Å². The van der Waals surface area contributed by atoms with Crippen molar-refractivity contribution in [2.45, 2.75) is 46.1 Å². The molecule has 6 nitrogen and oxygen atoms in total. The Labute approximate surface area is 107 Å². The number of hydrogen-bond donors (Lipinski definition) is 1. The van der Waals surface area contributed by atoms with Gasteiger partial charge in [0.25, 0.3) is 0 Å². The molecule has 0 aromatic carbocycles. The number of nitrogens with one attached hydrogen (secondary N) is 1. The standard InChI is InChI=1S/C12H21N3O3/c1-4-17-11(16)6-5-7-13-8-10-14-12(9(2)3)18-15-10/h9,13H,4-8H2,1-3H3. The fourth-order valence-electron chi connectivity index (χ4n) is 1.36. The summed E-state index contributed by atoms with van der Waals surface area (Å²) in [6.07, 6.45) is 1.18. The number of ether oxygens (including phenoxy) is 1. The normalized spacial score (nSPS) is 10.9. The molecule has 0 radical (unpaired) electrons. The topological polar surface area (TPSA) is 77.2 Å². The van der Waals surface area contributed by atoms with Gasteiger partial charge < -0.3 is 14.6 Å². The van der Waals surface area contributed by atoms with Crippen LogP contribution in [0.3, 0.4) is 0 Å². The average molecular weight is 255 g/mol. The first-order chi connectivity index (χ1) is 8.63. The molecular weight excluding hydrogens is 234 g/mol. The predicted molar refractivity (Wildman–Crippen MR) is 66.0 cm³/mol. The van der Waals surface area contributed by atoms with Gasteiger partial charge in [0.1, 0.15) is 0 Å². The number of hydrogen-bond acceptors (Lipinski definition) is 6. The van der Waals surface area contributed by atoms with Crippen molar-refractivity contribution in [1.82, 2.24) is 15.5 Å². The highest BCUT2D eigenvalue weighted by Gasteiger charge is 2.09. The molecule has 1 N–H and O–H groups in total. The van der Waals surface area contributed by atoms with E-state index in [9.17, 15) is 4.79 Å². The summed E-state index contributed by atoms with van der Waals surface area (Å²) in [6, 6.07) is 0. The Kier molecular flexibility index (Phi) is 6.35. The predicted octanol–water partition coefficient (Wildman–Crippen LogP) is 1.63. The molecule has 0 amide bonds. The van der Waals surface area contributed by atoms with Crippen LogP contribution in [0, 0.1) is 0 Å². The van der Waals surface area contributed by atoms with Crippen LogP contribution in [0.4, 0.5) is 0 Å². The van der Waals surface area contributed by atoms with Crippen molar-refractivity contribution in [2.24, 2.45) is 0 Å². The lowest BCUT2D eigenvalue weighted by Crippen LogP contribution is -2.17. The monoisotopic (exact) mass is 255 g/mol. The number of esters is 1. The maximum atomic E-state index is 11.1. The highest BCUT2D eigenvalue weighted by Crippen LogP contribution is 2.10. The van der Waals surface area contributed by atoms with Gasteiger partial charge in [-0.2, -0.15) is 4.98 Å². The summed E-state index contributed by atoms with van der Waals surface area (Å²) in [5.41, 5.74) is 0. The Morgan fingerprint density at radius 2 is 2.28 bits per heavy atom. The van der Waals surface area contributed by atoms with E-state index >= 15 is 0 Å². The van der Waals surface area contributed by atoms with Gasteiger partial charge in [0, 0.05) is 12.3 Å². The van der Waals surface area contributed by atoms with Crippen molar-refractivity contribution in [1.29, 1.82) is 0 Å². The molecule has 0 saturated heterocycles. The summed E-state index contributed by atoms with van der Waals surface area (Å²) in [5, 5.41) is 7.02. The summed E-state index contributed by atoms with van der Waals surface area (Å²) in [5.74, 6) is 1.39. The molecule has 1 aromatic heterocycles. The second kappa shape index (κ2) is 7.81. The second-order valence-electron chi connectivity index (χ2n) is 4.29. The minimum absolute atomic E-state index is 0.152. The van der Waals surface area contributed by atoms with Gasteiger partial charge in [-0.05, 0) is 19.9 Å². The quantitative estimate of drug-likeness (QED) is 0.562. The summed E-state index contributed by atoms with van der Waals surface area (Å²) in [6.45, 7) is 7.53. The maximum Gasteiger partial charge on any atom is 0.305 e. The SMILES string of the molecule is CCOC(=O)CCCNCc1noc(C(C)C)n1.